The molecule has 1 aromatic carbocycles. The summed E-state index contributed by atoms with van der Waals surface area (Å²) in [5.41, 5.74) is 3.07. The number of anilines is 1. The molecule has 0 radical (unpaired) electrons. The number of rotatable bonds is 3. The van der Waals surface area contributed by atoms with Gasteiger partial charge in [-0.2, -0.15) is 0 Å². The summed E-state index contributed by atoms with van der Waals surface area (Å²) in [6.07, 6.45) is 1.79. The lowest BCUT2D eigenvalue weighted by Gasteiger charge is -2.22. The Labute approximate surface area is 128 Å². The fourth-order valence-corrected chi connectivity index (χ4v) is 3.63. The molecule has 110 valence electrons. The van der Waals surface area contributed by atoms with Crippen molar-refractivity contribution in [3.63, 3.8) is 0 Å². The molecule has 0 saturated heterocycles. The van der Waals surface area contributed by atoms with E-state index in [1.165, 1.54) is 0 Å². The predicted octanol–water partition coefficient (Wildman–Crippen LogP) is 3.52. The zero-order valence-corrected chi connectivity index (χ0v) is 12.9. The van der Waals surface area contributed by atoms with E-state index in [4.69, 9.17) is 0 Å². The molecule has 1 aromatic heterocycles. The molecular formula is C17H19NO2S. The molecule has 1 N–H and O–H groups in total. The van der Waals surface area contributed by atoms with Crippen LogP contribution in [0.1, 0.15) is 41.9 Å². The SMILES string of the molecule is CCN1C(=O)CCCc2cc(C(O)c3cccs3)ccc21. The number of hydrogen-bond acceptors (Lipinski definition) is 3. The fourth-order valence-electron chi connectivity index (χ4n) is 2.90. The Morgan fingerprint density at radius 1 is 1.33 bits per heavy atom. The largest absolute Gasteiger partial charge is 0.383 e. The van der Waals surface area contributed by atoms with E-state index in [2.05, 4.69) is 6.07 Å². The zero-order valence-electron chi connectivity index (χ0n) is 12.1. The monoisotopic (exact) mass is 301 g/mol. The molecule has 0 bridgehead atoms. The lowest BCUT2D eigenvalue weighted by atomic mass is 10.0. The average molecular weight is 301 g/mol. The summed E-state index contributed by atoms with van der Waals surface area (Å²) in [4.78, 5) is 14.9. The molecular weight excluding hydrogens is 282 g/mol. The Hall–Kier alpha value is -1.65. The van der Waals surface area contributed by atoms with Gasteiger partial charge in [-0.1, -0.05) is 18.2 Å². The van der Waals surface area contributed by atoms with Gasteiger partial charge in [0.15, 0.2) is 0 Å². The maximum atomic E-state index is 12.1. The van der Waals surface area contributed by atoms with Gasteiger partial charge < -0.3 is 10.0 Å². The number of benzene rings is 1. The van der Waals surface area contributed by atoms with Crippen LogP contribution in [0.25, 0.3) is 0 Å². The van der Waals surface area contributed by atoms with Gasteiger partial charge >= 0.3 is 0 Å². The molecule has 0 fully saturated rings. The van der Waals surface area contributed by atoms with E-state index in [0.717, 1.165) is 34.5 Å². The number of amides is 1. The van der Waals surface area contributed by atoms with E-state index in [-0.39, 0.29) is 5.91 Å². The van der Waals surface area contributed by atoms with Crippen LogP contribution in [0.5, 0.6) is 0 Å². The molecule has 3 nitrogen and oxygen atoms in total. The maximum absolute atomic E-state index is 12.1. The average Bonchev–Trinajstić information content (AvgIpc) is 2.97. The summed E-state index contributed by atoms with van der Waals surface area (Å²) in [7, 11) is 0. The molecule has 1 aliphatic rings. The number of aryl methyl sites for hydroxylation is 1. The van der Waals surface area contributed by atoms with Crippen molar-refractivity contribution in [2.75, 3.05) is 11.4 Å². The molecule has 0 saturated carbocycles. The molecule has 2 heterocycles. The summed E-state index contributed by atoms with van der Waals surface area (Å²) in [5.74, 6) is 0.197. The first kappa shape index (κ1) is 14.3. The molecule has 1 atom stereocenters. The number of fused-ring (bicyclic) bond motifs is 1. The highest BCUT2D eigenvalue weighted by Gasteiger charge is 2.22. The number of carbonyl (C=O) groups excluding carboxylic acids is 1. The third-order valence-corrected chi connectivity index (χ3v) is 4.90. The molecule has 0 aliphatic carbocycles. The van der Waals surface area contributed by atoms with Gasteiger partial charge in [-0.15, -0.1) is 11.3 Å². The number of hydrogen-bond donors (Lipinski definition) is 1. The molecule has 2 aromatic rings. The van der Waals surface area contributed by atoms with Crippen molar-refractivity contribution in [3.8, 4) is 0 Å². The number of thiophene rings is 1. The van der Waals surface area contributed by atoms with Crippen LogP contribution < -0.4 is 4.90 Å². The standard InChI is InChI=1S/C17H19NO2S/c1-2-18-14-9-8-13(17(20)15-6-4-10-21-15)11-12(14)5-3-7-16(18)19/h4,6,8-11,17,20H,2-3,5,7H2,1H3. The number of carbonyl (C=O) groups is 1. The zero-order chi connectivity index (χ0) is 14.8. The van der Waals surface area contributed by atoms with Crippen molar-refractivity contribution in [2.24, 2.45) is 0 Å². The Morgan fingerprint density at radius 2 is 2.19 bits per heavy atom. The molecule has 3 rings (SSSR count). The maximum Gasteiger partial charge on any atom is 0.226 e. The Kier molecular flexibility index (Phi) is 4.08. The number of nitrogens with zero attached hydrogens (tertiary/aromatic N) is 1. The van der Waals surface area contributed by atoms with Gasteiger partial charge in [-0.3, -0.25) is 4.79 Å². The van der Waals surface area contributed by atoms with Gasteiger partial charge in [0, 0.05) is 23.5 Å². The van der Waals surface area contributed by atoms with Crippen molar-refractivity contribution < 1.29 is 9.90 Å². The first-order valence-corrected chi connectivity index (χ1v) is 8.23. The van der Waals surface area contributed by atoms with E-state index in [1.54, 1.807) is 11.3 Å². The third-order valence-electron chi connectivity index (χ3n) is 3.98. The second-order valence-electron chi connectivity index (χ2n) is 5.30. The second kappa shape index (κ2) is 6.00. The topological polar surface area (TPSA) is 40.5 Å². The van der Waals surface area contributed by atoms with Crippen molar-refractivity contribution in [2.45, 2.75) is 32.3 Å². The van der Waals surface area contributed by atoms with Crippen LogP contribution >= 0.6 is 11.3 Å². The van der Waals surface area contributed by atoms with Crippen molar-refractivity contribution in [1.29, 1.82) is 0 Å². The molecule has 1 aliphatic heterocycles. The highest BCUT2D eigenvalue weighted by Crippen LogP contribution is 2.32. The van der Waals surface area contributed by atoms with Crippen molar-refractivity contribution >= 4 is 22.9 Å². The fraction of sp³-hybridized carbons (Fsp3) is 0.353. The van der Waals surface area contributed by atoms with Crippen molar-refractivity contribution in [3.05, 3.63) is 51.7 Å². The lowest BCUT2D eigenvalue weighted by Crippen LogP contribution is -2.29. The minimum absolute atomic E-state index is 0.197. The van der Waals surface area contributed by atoms with Crippen LogP contribution in [0.3, 0.4) is 0 Å². The van der Waals surface area contributed by atoms with E-state index in [9.17, 15) is 9.90 Å². The summed E-state index contributed by atoms with van der Waals surface area (Å²) in [6, 6.07) is 9.87. The molecule has 0 spiro atoms. The minimum Gasteiger partial charge on any atom is -0.383 e. The summed E-state index contributed by atoms with van der Waals surface area (Å²) < 4.78 is 0. The van der Waals surface area contributed by atoms with Crippen LogP contribution in [-0.2, 0) is 11.2 Å². The molecule has 4 heteroatoms. The van der Waals surface area contributed by atoms with Gasteiger partial charge in [0.2, 0.25) is 5.91 Å². The lowest BCUT2D eigenvalue weighted by molar-refractivity contribution is -0.118. The van der Waals surface area contributed by atoms with Gasteiger partial charge in [-0.05, 0) is 48.4 Å². The van der Waals surface area contributed by atoms with E-state index < -0.39 is 6.10 Å². The van der Waals surface area contributed by atoms with E-state index >= 15 is 0 Å². The highest BCUT2D eigenvalue weighted by molar-refractivity contribution is 7.10. The van der Waals surface area contributed by atoms with E-state index in [1.807, 2.05) is 41.5 Å². The molecule has 1 amide bonds. The third kappa shape index (κ3) is 2.74. The Balaban J connectivity index is 1.97. The molecule has 21 heavy (non-hydrogen) atoms. The summed E-state index contributed by atoms with van der Waals surface area (Å²) in [6.45, 7) is 2.69. The smallest absolute Gasteiger partial charge is 0.226 e. The van der Waals surface area contributed by atoms with Gasteiger partial charge in [0.1, 0.15) is 6.10 Å². The van der Waals surface area contributed by atoms with Crippen LogP contribution in [0.2, 0.25) is 0 Å². The number of aliphatic hydroxyl groups is 1. The van der Waals surface area contributed by atoms with Crippen LogP contribution in [0.15, 0.2) is 35.7 Å². The van der Waals surface area contributed by atoms with Gasteiger partial charge in [0.05, 0.1) is 0 Å². The van der Waals surface area contributed by atoms with Gasteiger partial charge in [-0.25, -0.2) is 0 Å². The van der Waals surface area contributed by atoms with Crippen LogP contribution in [0, 0.1) is 0 Å². The Bertz CT molecular complexity index is 636. The van der Waals surface area contributed by atoms with Crippen LogP contribution in [0.4, 0.5) is 5.69 Å². The predicted molar refractivity (Wildman–Crippen MR) is 85.8 cm³/mol. The van der Waals surface area contributed by atoms with Crippen molar-refractivity contribution in [1.82, 2.24) is 0 Å². The Morgan fingerprint density at radius 3 is 2.90 bits per heavy atom. The van der Waals surface area contributed by atoms with Crippen LogP contribution in [-0.4, -0.2) is 17.6 Å². The van der Waals surface area contributed by atoms with E-state index in [0.29, 0.717) is 13.0 Å². The quantitative estimate of drug-likeness (QED) is 0.942. The molecule has 1 unspecified atom stereocenters. The second-order valence-corrected chi connectivity index (χ2v) is 6.28. The minimum atomic E-state index is -0.579. The normalized spacial score (nSPS) is 16.5. The summed E-state index contributed by atoms with van der Waals surface area (Å²) >= 11 is 1.56. The number of aliphatic hydroxyl groups excluding tert-OH is 1. The van der Waals surface area contributed by atoms with Gasteiger partial charge in [0.25, 0.3) is 0 Å². The first-order chi connectivity index (χ1) is 10.2. The highest BCUT2D eigenvalue weighted by atomic mass is 32.1. The summed E-state index contributed by atoms with van der Waals surface area (Å²) in [5, 5.41) is 12.4. The first-order valence-electron chi connectivity index (χ1n) is 7.35.